The minimum Gasteiger partial charge on any atom is -0.393 e. The van der Waals surface area contributed by atoms with E-state index in [4.69, 9.17) is 5.73 Å². The maximum absolute atomic E-state index is 11.6. The number of fused-ring (bicyclic) bond motifs is 1. The van der Waals surface area contributed by atoms with Crippen LogP contribution in [-0.4, -0.2) is 30.8 Å². The lowest BCUT2D eigenvalue weighted by atomic mass is 10.1. The van der Waals surface area contributed by atoms with Crippen molar-refractivity contribution in [1.29, 1.82) is 0 Å². The lowest BCUT2D eigenvalue weighted by Gasteiger charge is -2.07. The number of nitrogens with two attached hydrogens (primary N) is 1. The van der Waals surface area contributed by atoms with Crippen molar-refractivity contribution >= 4 is 11.6 Å². The molecule has 2 rings (SSSR count). The van der Waals surface area contributed by atoms with Crippen LogP contribution in [0.4, 0.5) is 5.82 Å². The van der Waals surface area contributed by atoms with Crippen molar-refractivity contribution in [3.8, 4) is 0 Å². The van der Waals surface area contributed by atoms with E-state index in [1.807, 2.05) is 0 Å². The van der Waals surface area contributed by atoms with Crippen molar-refractivity contribution in [2.24, 2.45) is 0 Å². The van der Waals surface area contributed by atoms with Gasteiger partial charge in [0, 0.05) is 6.42 Å². The first-order valence-electron chi connectivity index (χ1n) is 4.48. The number of nitrogens with one attached hydrogen (secondary N) is 1. The van der Waals surface area contributed by atoms with Gasteiger partial charge < -0.3 is 10.8 Å². The SMILES string of the molecule is CC(O)Cc1c(N)n2ncnc2[nH]c1=O. The maximum Gasteiger partial charge on any atom is 0.257 e. The van der Waals surface area contributed by atoms with E-state index in [0.29, 0.717) is 11.3 Å². The van der Waals surface area contributed by atoms with Crippen molar-refractivity contribution in [3.63, 3.8) is 0 Å². The number of H-pyrrole nitrogens is 1. The van der Waals surface area contributed by atoms with Crippen molar-refractivity contribution in [2.75, 3.05) is 5.73 Å². The van der Waals surface area contributed by atoms with Gasteiger partial charge in [0.25, 0.3) is 5.56 Å². The summed E-state index contributed by atoms with van der Waals surface area (Å²) < 4.78 is 1.33. The summed E-state index contributed by atoms with van der Waals surface area (Å²) in [5.41, 5.74) is 5.73. The summed E-state index contributed by atoms with van der Waals surface area (Å²) in [6.07, 6.45) is 0.861. The Labute approximate surface area is 84.6 Å². The monoisotopic (exact) mass is 209 g/mol. The molecule has 0 radical (unpaired) electrons. The topological polar surface area (TPSA) is 109 Å². The Morgan fingerprint density at radius 3 is 3.13 bits per heavy atom. The molecule has 0 fully saturated rings. The Morgan fingerprint density at radius 1 is 1.73 bits per heavy atom. The highest BCUT2D eigenvalue weighted by atomic mass is 16.3. The number of aliphatic hydroxyl groups excluding tert-OH is 1. The molecule has 0 aliphatic carbocycles. The van der Waals surface area contributed by atoms with Gasteiger partial charge >= 0.3 is 0 Å². The molecule has 7 heteroatoms. The number of aromatic nitrogens is 4. The van der Waals surface area contributed by atoms with Gasteiger partial charge in [0.15, 0.2) is 0 Å². The molecule has 0 bridgehead atoms. The van der Waals surface area contributed by atoms with Crippen molar-refractivity contribution < 1.29 is 5.11 Å². The average molecular weight is 209 g/mol. The van der Waals surface area contributed by atoms with Crippen LogP contribution < -0.4 is 11.3 Å². The zero-order valence-corrected chi connectivity index (χ0v) is 8.14. The molecular formula is C8H11N5O2. The number of nitrogen functional groups attached to an aromatic ring is 1. The molecule has 80 valence electrons. The fraction of sp³-hybridized carbons (Fsp3) is 0.375. The van der Waals surface area contributed by atoms with E-state index in [1.54, 1.807) is 6.92 Å². The van der Waals surface area contributed by atoms with Crippen LogP contribution in [0.15, 0.2) is 11.1 Å². The molecule has 2 heterocycles. The van der Waals surface area contributed by atoms with Crippen molar-refractivity contribution in [1.82, 2.24) is 19.6 Å². The van der Waals surface area contributed by atoms with Gasteiger partial charge in [-0.05, 0) is 6.92 Å². The van der Waals surface area contributed by atoms with Gasteiger partial charge in [-0.15, -0.1) is 0 Å². The molecule has 0 spiro atoms. The standard InChI is InChI=1S/C8H11N5O2/c1-4(14)2-5-6(9)13-8(10-3-11-13)12-7(5)15/h3-4,14H,2,9H2,1H3,(H,10,11,12,15). The third-order valence-corrected chi connectivity index (χ3v) is 2.08. The number of anilines is 1. The highest BCUT2D eigenvalue weighted by molar-refractivity contribution is 5.45. The van der Waals surface area contributed by atoms with E-state index in [0.717, 1.165) is 0 Å². The van der Waals surface area contributed by atoms with Gasteiger partial charge in [-0.2, -0.15) is 14.6 Å². The quantitative estimate of drug-likeness (QED) is 0.583. The molecule has 4 N–H and O–H groups in total. The Hall–Kier alpha value is -1.89. The highest BCUT2D eigenvalue weighted by Crippen LogP contribution is 2.08. The molecule has 0 saturated carbocycles. The predicted octanol–water partition coefficient (Wildman–Crippen LogP) is -1.08. The molecule has 2 aromatic rings. The van der Waals surface area contributed by atoms with Crippen LogP contribution in [0.2, 0.25) is 0 Å². The van der Waals surface area contributed by atoms with Crippen LogP contribution in [0, 0.1) is 0 Å². The van der Waals surface area contributed by atoms with Gasteiger partial charge in [0.05, 0.1) is 11.7 Å². The fourth-order valence-corrected chi connectivity index (χ4v) is 1.42. The number of rotatable bonds is 2. The number of hydrogen-bond acceptors (Lipinski definition) is 5. The van der Waals surface area contributed by atoms with E-state index in [9.17, 15) is 9.90 Å². The third kappa shape index (κ3) is 1.57. The predicted molar refractivity (Wildman–Crippen MR) is 53.4 cm³/mol. The lowest BCUT2D eigenvalue weighted by molar-refractivity contribution is 0.195. The van der Waals surface area contributed by atoms with Crippen LogP contribution in [0.5, 0.6) is 0 Å². The summed E-state index contributed by atoms with van der Waals surface area (Å²) in [4.78, 5) is 17.9. The van der Waals surface area contributed by atoms with Crippen molar-refractivity contribution in [3.05, 3.63) is 22.2 Å². The van der Waals surface area contributed by atoms with Crippen molar-refractivity contribution in [2.45, 2.75) is 19.4 Å². The van der Waals surface area contributed by atoms with Crippen LogP contribution in [0.3, 0.4) is 0 Å². The molecule has 0 saturated heterocycles. The first-order chi connectivity index (χ1) is 7.09. The lowest BCUT2D eigenvalue weighted by Crippen LogP contribution is -2.22. The first-order valence-corrected chi connectivity index (χ1v) is 4.48. The second-order valence-corrected chi connectivity index (χ2v) is 3.37. The molecule has 7 nitrogen and oxygen atoms in total. The summed E-state index contributed by atoms with van der Waals surface area (Å²) in [5.74, 6) is 0.513. The number of aliphatic hydroxyl groups is 1. The molecule has 15 heavy (non-hydrogen) atoms. The van der Waals surface area contributed by atoms with E-state index in [1.165, 1.54) is 10.8 Å². The average Bonchev–Trinajstić information content (AvgIpc) is 2.59. The summed E-state index contributed by atoms with van der Waals surface area (Å²) >= 11 is 0. The molecule has 0 amide bonds. The number of nitrogens with zero attached hydrogens (tertiary/aromatic N) is 3. The zero-order chi connectivity index (χ0) is 11.0. The van der Waals surface area contributed by atoms with Gasteiger partial charge in [-0.25, -0.2) is 0 Å². The number of aromatic amines is 1. The first kappa shape index (κ1) is 9.66. The molecule has 2 aromatic heterocycles. The summed E-state index contributed by atoms with van der Waals surface area (Å²) in [7, 11) is 0. The third-order valence-electron chi connectivity index (χ3n) is 2.08. The number of hydrogen-bond donors (Lipinski definition) is 3. The molecule has 0 aliphatic rings. The van der Waals surface area contributed by atoms with Crippen LogP contribution in [-0.2, 0) is 6.42 Å². The normalized spacial score (nSPS) is 13.2. The summed E-state index contributed by atoms with van der Waals surface area (Å²) in [6, 6.07) is 0. The largest absolute Gasteiger partial charge is 0.393 e. The van der Waals surface area contributed by atoms with E-state index in [2.05, 4.69) is 15.1 Å². The van der Waals surface area contributed by atoms with Gasteiger partial charge in [-0.3, -0.25) is 9.78 Å². The van der Waals surface area contributed by atoms with Gasteiger partial charge in [0.1, 0.15) is 12.1 Å². The van der Waals surface area contributed by atoms with Crippen LogP contribution in [0.1, 0.15) is 12.5 Å². The Bertz CT molecular complexity index is 541. The Kier molecular flexibility index (Phi) is 2.16. The second-order valence-electron chi connectivity index (χ2n) is 3.37. The summed E-state index contributed by atoms with van der Waals surface area (Å²) in [6.45, 7) is 1.59. The molecular weight excluding hydrogens is 198 g/mol. The van der Waals surface area contributed by atoms with Crippen LogP contribution in [0.25, 0.3) is 5.78 Å². The van der Waals surface area contributed by atoms with Crippen LogP contribution >= 0.6 is 0 Å². The minimum absolute atomic E-state index is 0.191. The van der Waals surface area contributed by atoms with E-state index >= 15 is 0 Å². The smallest absolute Gasteiger partial charge is 0.257 e. The summed E-state index contributed by atoms with van der Waals surface area (Å²) in [5, 5.41) is 13.1. The van der Waals surface area contributed by atoms with Gasteiger partial charge in [0.2, 0.25) is 5.78 Å². The molecule has 1 unspecified atom stereocenters. The fourth-order valence-electron chi connectivity index (χ4n) is 1.42. The van der Waals surface area contributed by atoms with E-state index < -0.39 is 6.10 Å². The minimum atomic E-state index is -0.630. The maximum atomic E-state index is 11.6. The molecule has 0 aromatic carbocycles. The second kappa shape index (κ2) is 3.35. The Morgan fingerprint density at radius 2 is 2.47 bits per heavy atom. The molecule has 1 atom stereocenters. The Balaban J connectivity index is 2.67. The van der Waals surface area contributed by atoms with Gasteiger partial charge in [-0.1, -0.05) is 0 Å². The highest BCUT2D eigenvalue weighted by Gasteiger charge is 2.12. The van der Waals surface area contributed by atoms with E-state index in [-0.39, 0.29) is 17.8 Å². The zero-order valence-electron chi connectivity index (χ0n) is 8.14. The molecule has 0 aliphatic heterocycles.